The van der Waals surface area contributed by atoms with Gasteiger partial charge in [-0.3, -0.25) is 14.2 Å². The Morgan fingerprint density at radius 3 is 2.15 bits per heavy atom. The van der Waals surface area contributed by atoms with Crippen molar-refractivity contribution in [3.63, 3.8) is 0 Å². The lowest BCUT2D eigenvalue weighted by molar-refractivity contribution is 0.0964. The molecule has 0 aliphatic carbocycles. The number of ketones is 1. The van der Waals surface area contributed by atoms with Crippen molar-refractivity contribution in [3.05, 3.63) is 116 Å². The first-order valence-electron chi connectivity index (χ1n) is 11.7. The maximum Gasteiger partial charge on any atom is 0.266 e. The van der Waals surface area contributed by atoms with Gasteiger partial charge in [-0.05, 0) is 48.0 Å². The SMILES string of the molecule is CC.Nc1ccc(F)c(C(=O)c2cn(C(=O)c3c(Cl)cccc3Cl)c3ncc(-c4ccc(Cl)cc4)cc23)c1F. The van der Waals surface area contributed by atoms with Gasteiger partial charge in [0.15, 0.2) is 5.82 Å². The van der Waals surface area contributed by atoms with Crippen molar-refractivity contribution >= 4 is 63.2 Å². The molecule has 5 aromatic rings. The molecule has 0 unspecified atom stereocenters. The molecule has 198 valence electrons. The van der Waals surface area contributed by atoms with Gasteiger partial charge in [0.2, 0.25) is 5.78 Å². The number of hydrogen-bond donors (Lipinski definition) is 1. The molecule has 0 radical (unpaired) electrons. The predicted molar refractivity (Wildman–Crippen MR) is 152 cm³/mol. The summed E-state index contributed by atoms with van der Waals surface area (Å²) in [5, 5.41) is 0.862. The van der Waals surface area contributed by atoms with Crippen LogP contribution in [-0.4, -0.2) is 21.2 Å². The third-order valence-corrected chi connectivity index (χ3v) is 6.69. The minimum atomic E-state index is -1.20. The zero-order valence-electron chi connectivity index (χ0n) is 20.6. The highest BCUT2D eigenvalue weighted by Gasteiger charge is 2.28. The normalized spacial score (nSPS) is 10.7. The topological polar surface area (TPSA) is 78.0 Å². The standard InChI is InChI=1S/C27H14Cl3F2N3O2.C2H6/c28-15-6-4-13(5-7-15)14-10-16-17(25(36)23-20(31)8-9-21(33)24(23)32)12-35(26(16)34-11-14)27(37)22-18(29)2-1-3-19(22)30;1-2/h1-12H,33H2;1-2H3. The Bertz CT molecular complexity index is 1710. The van der Waals surface area contributed by atoms with Crippen LogP contribution in [-0.2, 0) is 0 Å². The summed E-state index contributed by atoms with van der Waals surface area (Å²) in [6, 6.07) is 14.9. The van der Waals surface area contributed by atoms with E-state index < -0.39 is 34.6 Å². The zero-order chi connectivity index (χ0) is 28.4. The fourth-order valence-corrected chi connectivity index (χ4v) is 4.66. The van der Waals surface area contributed by atoms with Gasteiger partial charge >= 0.3 is 0 Å². The Kier molecular flexibility index (Phi) is 8.35. The second kappa shape index (κ2) is 11.5. The number of nitrogens with zero attached hydrogens (tertiary/aromatic N) is 2. The van der Waals surface area contributed by atoms with E-state index in [9.17, 15) is 18.4 Å². The van der Waals surface area contributed by atoms with Crippen LogP contribution in [0.5, 0.6) is 0 Å². The van der Waals surface area contributed by atoms with Crippen LogP contribution in [0.25, 0.3) is 22.2 Å². The molecule has 3 aromatic carbocycles. The van der Waals surface area contributed by atoms with E-state index in [0.29, 0.717) is 16.1 Å². The average Bonchev–Trinajstić information content (AvgIpc) is 3.31. The average molecular weight is 587 g/mol. The summed E-state index contributed by atoms with van der Waals surface area (Å²) in [7, 11) is 0. The van der Waals surface area contributed by atoms with Crippen LogP contribution in [0, 0.1) is 11.6 Å². The molecule has 2 N–H and O–H groups in total. The number of hydrogen-bond acceptors (Lipinski definition) is 4. The maximum atomic E-state index is 14.8. The second-order valence-corrected chi connectivity index (χ2v) is 9.32. The van der Waals surface area contributed by atoms with Gasteiger partial charge in [-0.2, -0.15) is 0 Å². The Labute approximate surface area is 237 Å². The van der Waals surface area contributed by atoms with Crippen molar-refractivity contribution in [2.45, 2.75) is 13.8 Å². The number of rotatable bonds is 4. The summed E-state index contributed by atoms with van der Waals surface area (Å²) in [5.41, 5.74) is 5.51. The van der Waals surface area contributed by atoms with E-state index in [1.165, 1.54) is 18.3 Å². The lowest BCUT2D eigenvalue weighted by Crippen LogP contribution is -2.13. The number of carbonyl (C=O) groups is 2. The number of carbonyl (C=O) groups excluding carboxylic acids is 2. The Balaban J connectivity index is 0.00000172. The van der Waals surface area contributed by atoms with Gasteiger partial charge in [-0.15, -0.1) is 0 Å². The molecule has 2 heterocycles. The summed E-state index contributed by atoms with van der Waals surface area (Å²) in [5.74, 6) is -3.99. The monoisotopic (exact) mass is 585 g/mol. The van der Waals surface area contributed by atoms with Crippen molar-refractivity contribution < 1.29 is 18.4 Å². The molecule has 0 amide bonds. The van der Waals surface area contributed by atoms with E-state index in [4.69, 9.17) is 40.5 Å². The summed E-state index contributed by atoms with van der Waals surface area (Å²) >= 11 is 18.5. The molecule has 0 fully saturated rings. The van der Waals surface area contributed by atoms with Gasteiger partial charge in [0, 0.05) is 28.4 Å². The summed E-state index contributed by atoms with van der Waals surface area (Å²) in [6.45, 7) is 4.00. The van der Waals surface area contributed by atoms with Gasteiger partial charge in [-0.1, -0.05) is 66.8 Å². The second-order valence-electron chi connectivity index (χ2n) is 8.07. The lowest BCUT2D eigenvalue weighted by atomic mass is 10.00. The number of nitrogens with two attached hydrogens (primary N) is 1. The van der Waals surface area contributed by atoms with Gasteiger partial charge in [0.1, 0.15) is 11.5 Å². The van der Waals surface area contributed by atoms with Crippen LogP contribution in [0.4, 0.5) is 14.5 Å². The molecular weight excluding hydrogens is 567 g/mol. The lowest BCUT2D eigenvalue weighted by Gasteiger charge is -2.08. The number of fused-ring (bicyclic) bond motifs is 1. The van der Waals surface area contributed by atoms with Crippen LogP contribution in [0.1, 0.15) is 40.1 Å². The van der Waals surface area contributed by atoms with Crippen molar-refractivity contribution in [1.29, 1.82) is 0 Å². The van der Waals surface area contributed by atoms with Gasteiger partial charge < -0.3 is 5.73 Å². The molecular formula is C29H20Cl3F2N3O2. The highest BCUT2D eigenvalue weighted by Crippen LogP contribution is 2.32. The van der Waals surface area contributed by atoms with Crippen LogP contribution >= 0.6 is 34.8 Å². The number of aromatic nitrogens is 2. The Morgan fingerprint density at radius 2 is 1.51 bits per heavy atom. The van der Waals surface area contributed by atoms with E-state index in [0.717, 1.165) is 22.9 Å². The first-order chi connectivity index (χ1) is 18.7. The number of nitrogen functional groups attached to an aromatic ring is 1. The highest BCUT2D eigenvalue weighted by atomic mass is 35.5. The third-order valence-electron chi connectivity index (χ3n) is 5.81. The van der Waals surface area contributed by atoms with Crippen LogP contribution in [0.3, 0.4) is 0 Å². The molecule has 0 bridgehead atoms. The first-order valence-corrected chi connectivity index (χ1v) is 12.8. The van der Waals surface area contributed by atoms with E-state index in [1.54, 1.807) is 36.4 Å². The van der Waals surface area contributed by atoms with E-state index >= 15 is 0 Å². The van der Waals surface area contributed by atoms with E-state index in [1.807, 2.05) is 13.8 Å². The Hall–Kier alpha value is -3.78. The predicted octanol–water partition coefficient (Wildman–Crippen LogP) is 8.47. The van der Waals surface area contributed by atoms with Gasteiger partial charge in [0.25, 0.3) is 5.91 Å². The van der Waals surface area contributed by atoms with Crippen molar-refractivity contribution in [1.82, 2.24) is 9.55 Å². The molecule has 0 saturated carbocycles. The molecule has 10 heteroatoms. The molecule has 0 aliphatic rings. The van der Waals surface area contributed by atoms with E-state index in [-0.39, 0.29) is 32.2 Å². The van der Waals surface area contributed by atoms with Crippen molar-refractivity contribution in [3.8, 4) is 11.1 Å². The molecule has 39 heavy (non-hydrogen) atoms. The van der Waals surface area contributed by atoms with Crippen molar-refractivity contribution in [2.75, 3.05) is 5.73 Å². The summed E-state index contributed by atoms with van der Waals surface area (Å²) in [4.78, 5) is 31.4. The fourth-order valence-electron chi connectivity index (χ4n) is 3.98. The number of benzene rings is 3. The van der Waals surface area contributed by atoms with Crippen LogP contribution in [0.15, 0.2) is 73.1 Å². The molecule has 0 saturated heterocycles. The minimum absolute atomic E-state index is 0.0216. The third kappa shape index (κ3) is 5.26. The van der Waals surface area contributed by atoms with Gasteiger partial charge in [0.05, 0.1) is 32.4 Å². The van der Waals surface area contributed by atoms with Crippen LogP contribution < -0.4 is 5.73 Å². The quantitative estimate of drug-likeness (QED) is 0.169. The van der Waals surface area contributed by atoms with Crippen LogP contribution in [0.2, 0.25) is 15.1 Å². The number of anilines is 1. The molecule has 2 aromatic heterocycles. The molecule has 0 aliphatic heterocycles. The molecule has 0 spiro atoms. The summed E-state index contributed by atoms with van der Waals surface area (Å²) < 4.78 is 30.5. The maximum absolute atomic E-state index is 14.8. The van der Waals surface area contributed by atoms with Gasteiger partial charge in [-0.25, -0.2) is 13.8 Å². The molecule has 5 rings (SSSR count). The highest BCUT2D eigenvalue weighted by molar-refractivity contribution is 6.40. The summed E-state index contributed by atoms with van der Waals surface area (Å²) in [6.07, 6.45) is 2.66. The smallest absolute Gasteiger partial charge is 0.266 e. The number of pyridine rings is 1. The van der Waals surface area contributed by atoms with E-state index in [2.05, 4.69) is 4.98 Å². The fraction of sp³-hybridized carbons (Fsp3) is 0.0690. The van der Waals surface area contributed by atoms with Crippen molar-refractivity contribution in [2.24, 2.45) is 0 Å². The largest absolute Gasteiger partial charge is 0.396 e. The molecule has 0 atom stereocenters. The number of halogens is 5. The first kappa shape index (κ1) is 28.2. The zero-order valence-corrected chi connectivity index (χ0v) is 22.9. The molecule has 5 nitrogen and oxygen atoms in total. The minimum Gasteiger partial charge on any atom is -0.396 e. The Morgan fingerprint density at radius 1 is 0.872 bits per heavy atom.